The number of sulfonamides is 1. The van der Waals surface area contributed by atoms with Gasteiger partial charge < -0.3 is 5.32 Å². The zero-order chi connectivity index (χ0) is 21.4. The summed E-state index contributed by atoms with van der Waals surface area (Å²) in [5.41, 5.74) is 3.92. The van der Waals surface area contributed by atoms with Crippen molar-refractivity contribution < 1.29 is 13.2 Å². The van der Waals surface area contributed by atoms with Crippen LogP contribution >= 0.6 is 0 Å². The van der Waals surface area contributed by atoms with E-state index in [1.165, 1.54) is 16.1 Å². The topological polar surface area (TPSA) is 66.5 Å². The molecule has 5 nitrogen and oxygen atoms in total. The average Bonchev–Trinajstić information content (AvgIpc) is 2.66. The van der Waals surface area contributed by atoms with Crippen LogP contribution in [0.4, 0.5) is 5.69 Å². The molecule has 29 heavy (non-hydrogen) atoms. The summed E-state index contributed by atoms with van der Waals surface area (Å²) in [5, 5.41) is 3.02. The van der Waals surface area contributed by atoms with Gasteiger partial charge in [-0.2, -0.15) is 0 Å². The Morgan fingerprint density at radius 3 is 2.41 bits per heavy atom. The summed E-state index contributed by atoms with van der Waals surface area (Å²) in [6.07, 6.45) is 3.76. The molecule has 0 unspecified atom stereocenters. The van der Waals surface area contributed by atoms with E-state index in [2.05, 4.69) is 17.4 Å². The Balaban J connectivity index is 1.85. The molecule has 0 aliphatic carbocycles. The summed E-state index contributed by atoms with van der Waals surface area (Å²) in [4.78, 5) is 12.3. The molecule has 2 aromatic rings. The predicted octanol–water partition coefficient (Wildman–Crippen LogP) is 3.99. The summed E-state index contributed by atoms with van der Waals surface area (Å²) in [6, 6.07) is 15.9. The van der Waals surface area contributed by atoms with E-state index in [4.69, 9.17) is 0 Å². The fourth-order valence-corrected chi connectivity index (χ4v) is 4.32. The van der Waals surface area contributed by atoms with Crippen molar-refractivity contribution in [3.05, 3.63) is 65.2 Å². The first-order valence-corrected chi connectivity index (χ1v) is 11.9. The van der Waals surface area contributed by atoms with Gasteiger partial charge in [0, 0.05) is 19.0 Å². The Labute approximate surface area is 175 Å². The largest absolute Gasteiger partial charge is 0.354 e. The van der Waals surface area contributed by atoms with Crippen molar-refractivity contribution in [2.45, 2.75) is 52.5 Å². The highest BCUT2D eigenvalue weighted by Gasteiger charge is 2.20. The Kier molecular flexibility index (Phi) is 8.26. The predicted molar refractivity (Wildman–Crippen MR) is 120 cm³/mol. The Bertz CT molecular complexity index is 911. The van der Waals surface area contributed by atoms with Crippen LogP contribution in [0.15, 0.2) is 48.5 Å². The third-order valence-corrected chi connectivity index (χ3v) is 6.31. The number of hydrogen-bond donors (Lipinski definition) is 1. The van der Waals surface area contributed by atoms with Crippen molar-refractivity contribution in [2.24, 2.45) is 0 Å². The average molecular weight is 417 g/mol. The van der Waals surface area contributed by atoms with Crippen molar-refractivity contribution in [1.29, 1.82) is 0 Å². The molecule has 6 heteroatoms. The first-order valence-electron chi connectivity index (χ1n) is 10.1. The van der Waals surface area contributed by atoms with Gasteiger partial charge in [0.25, 0.3) is 0 Å². The second kappa shape index (κ2) is 10.4. The van der Waals surface area contributed by atoms with Crippen molar-refractivity contribution in [2.75, 3.05) is 17.1 Å². The summed E-state index contributed by atoms with van der Waals surface area (Å²) < 4.78 is 26.0. The molecule has 1 atom stereocenters. The van der Waals surface area contributed by atoms with Gasteiger partial charge in [-0.15, -0.1) is 0 Å². The lowest BCUT2D eigenvalue weighted by atomic mass is 10.1. The SMILES string of the molecule is Cc1cccc(N(CCCC(=O)N[C@H](C)CCc2ccccc2)S(C)(=O)=O)c1C. The number of nitrogens with zero attached hydrogens (tertiary/aromatic N) is 1. The number of carbonyl (C=O) groups excluding carboxylic acids is 1. The highest BCUT2D eigenvalue weighted by Crippen LogP contribution is 2.25. The zero-order valence-electron chi connectivity index (χ0n) is 17.8. The van der Waals surface area contributed by atoms with E-state index >= 15 is 0 Å². The molecule has 0 aliphatic rings. The number of hydrogen-bond acceptors (Lipinski definition) is 3. The van der Waals surface area contributed by atoms with E-state index in [-0.39, 0.29) is 18.5 Å². The van der Waals surface area contributed by atoms with Crippen molar-refractivity contribution in [3.8, 4) is 0 Å². The zero-order valence-corrected chi connectivity index (χ0v) is 18.6. The van der Waals surface area contributed by atoms with Gasteiger partial charge in [-0.25, -0.2) is 8.42 Å². The molecular formula is C23H32N2O3S. The van der Waals surface area contributed by atoms with Crippen molar-refractivity contribution in [1.82, 2.24) is 5.32 Å². The van der Waals surface area contributed by atoms with E-state index in [1.54, 1.807) is 0 Å². The van der Waals surface area contributed by atoms with Gasteiger partial charge in [0.05, 0.1) is 11.9 Å². The molecule has 1 amide bonds. The summed E-state index contributed by atoms with van der Waals surface area (Å²) >= 11 is 0. The third-order valence-electron chi connectivity index (χ3n) is 5.13. The number of anilines is 1. The number of aryl methyl sites for hydroxylation is 2. The number of rotatable bonds is 10. The second-order valence-corrected chi connectivity index (χ2v) is 9.56. The lowest BCUT2D eigenvalue weighted by molar-refractivity contribution is -0.121. The number of carbonyl (C=O) groups is 1. The van der Waals surface area contributed by atoms with Crippen LogP contribution in [0.3, 0.4) is 0 Å². The van der Waals surface area contributed by atoms with Gasteiger partial charge in [-0.1, -0.05) is 42.5 Å². The maximum absolute atomic E-state index is 12.3. The Morgan fingerprint density at radius 1 is 1.07 bits per heavy atom. The van der Waals surface area contributed by atoms with Gasteiger partial charge >= 0.3 is 0 Å². The number of amides is 1. The van der Waals surface area contributed by atoms with E-state index in [0.717, 1.165) is 24.0 Å². The van der Waals surface area contributed by atoms with Gasteiger partial charge in [0.1, 0.15) is 0 Å². The standard InChI is InChI=1S/C23H32N2O3S/c1-18-10-8-13-22(20(18)3)25(29(4,27)28)17-9-14-23(26)24-19(2)15-16-21-11-6-5-7-12-21/h5-8,10-13,19H,9,14-17H2,1-4H3,(H,24,26)/t19-/m1/s1. The first kappa shape index (κ1) is 22.9. The normalized spacial score (nSPS) is 12.4. The minimum absolute atomic E-state index is 0.0417. The fourth-order valence-electron chi connectivity index (χ4n) is 3.30. The quantitative estimate of drug-likeness (QED) is 0.637. The van der Waals surface area contributed by atoms with Crippen LogP contribution < -0.4 is 9.62 Å². The Hall–Kier alpha value is -2.34. The van der Waals surface area contributed by atoms with Crippen LogP contribution in [-0.2, 0) is 21.2 Å². The van der Waals surface area contributed by atoms with Crippen LogP contribution in [-0.4, -0.2) is 33.2 Å². The van der Waals surface area contributed by atoms with Crippen LogP contribution in [0.1, 0.15) is 42.9 Å². The monoisotopic (exact) mass is 416 g/mol. The smallest absolute Gasteiger partial charge is 0.232 e. The molecule has 1 N–H and O–H groups in total. The van der Waals surface area contributed by atoms with Crippen LogP contribution in [0.25, 0.3) is 0 Å². The van der Waals surface area contributed by atoms with E-state index in [1.807, 2.05) is 57.2 Å². The van der Waals surface area contributed by atoms with Gasteiger partial charge in [0.15, 0.2) is 0 Å². The van der Waals surface area contributed by atoms with Crippen molar-refractivity contribution in [3.63, 3.8) is 0 Å². The van der Waals surface area contributed by atoms with E-state index in [0.29, 0.717) is 18.5 Å². The molecule has 0 saturated heterocycles. The molecule has 0 bridgehead atoms. The highest BCUT2D eigenvalue weighted by atomic mass is 32.2. The molecule has 0 aromatic heterocycles. The molecule has 0 fully saturated rings. The maximum atomic E-state index is 12.3. The minimum Gasteiger partial charge on any atom is -0.354 e. The van der Waals surface area contributed by atoms with Gasteiger partial charge in [-0.05, 0) is 62.8 Å². The summed E-state index contributed by atoms with van der Waals surface area (Å²) in [5.74, 6) is -0.0417. The molecule has 0 heterocycles. The van der Waals surface area contributed by atoms with E-state index in [9.17, 15) is 13.2 Å². The van der Waals surface area contributed by atoms with Crippen molar-refractivity contribution >= 4 is 21.6 Å². The molecule has 2 rings (SSSR count). The van der Waals surface area contributed by atoms with Crippen LogP contribution in [0, 0.1) is 13.8 Å². The van der Waals surface area contributed by atoms with Gasteiger partial charge in [0.2, 0.25) is 15.9 Å². The first-order chi connectivity index (χ1) is 13.7. The summed E-state index contributed by atoms with van der Waals surface area (Å²) in [7, 11) is -3.42. The molecule has 158 valence electrons. The van der Waals surface area contributed by atoms with Crippen LogP contribution in [0.5, 0.6) is 0 Å². The molecule has 2 aromatic carbocycles. The molecule has 0 saturated carbocycles. The molecule has 0 radical (unpaired) electrons. The van der Waals surface area contributed by atoms with Crippen LogP contribution in [0.2, 0.25) is 0 Å². The lowest BCUT2D eigenvalue weighted by Crippen LogP contribution is -2.35. The Morgan fingerprint density at radius 2 is 1.76 bits per heavy atom. The molecular weight excluding hydrogens is 384 g/mol. The molecule has 0 spiro atoms. The number of benzene rings is 2. The molecule has 0 aliphatic heterocycles. The minimum atomic E-state index is -3.42. The number of nitrogens with one attached hydrogen (secondary N) is 1. The second-order valence-electron chi connectivity index (χ2n) is 7.65. The summed E-state index contributed by atoms with van der Waals surface area (Å²) in [6.45, 7) is 6.17. The lowest BCUT2D eigenvalue weighted by Gasteiger charge is -2.25. The highest BCUT2D eigenvalue weighted by molar-refractivity contribution is 7.92. The van der Waals surface area contributed by atoms with E-state index < -0.39 is 10.0 Å². The van der Waals surface area contributed by atoms with Gasteiger partial charge in [-0.3, -0.25) is 9.10 Å². The fraction of sp³-hybridized carbons (Fsp3) is 0.435. The third kappa shape index (κ3) is 7.20. The maximum Gasteiger partial charge on any atom is 0.232 e.